The molecular formula is C16H23NO4. The van der Waals surface area contributed by atoms with E-state index in [1.165, 1.54) is 0 Å². The Hall–Kier alpha value is -1.30. The Morgan fingerprint density at radius 3 is 2.71 bits per heavy atom. The summed E-state index contributed by atoms with van der Waals surface area (Å²) in [5, 5.41) is 0. The molecular weight excluding hydrogens is 270 g/mol. The highest BCUT2D eigenvalue weighted by atomic mass is 16.7. The lowest BCUT2D eigenvalue weighted by Gasteiger charge is -2.30. The molecule has 1 saturated heterocycles. The zero-order valence-corrected chi connectivity index (χ0v) is 12.5. The molecule has 21 heavy (non-hydrogen) atoms. The fraction of sp³-hybridized carbons (Fsp3) is 0.625. The first-order chi connectivity index (χ1) is 10.3. The van der Waals surface area contributed by atoms with Crippen molar-refractivity contribution >= 4 is 0 Å². The topological polar surface area (TPSA) is 40.2 Å². The van der Waals surface area contributed by atoms with Crippen molar-refractivity contribution in [2.45, 2.75) is 25.2 Å². The summed E-state index contributed by atoms with van der Waals surface area (Å²) in [6.07, 6.45) is 1.91. The van der Waals surface area contributed by atoms with Crippen LogP contribution in [-0.2, 0) is 9.47 Å². The molecule has 1 aromatic carbocycles. The molecule has 116 valence electrons. The van der Waals surface area contributed by atoms with Crippen molar-refractivity contribution in [2.75, 3.05) is 40.0 Å². The van der Waals surface area contributed by atoms with Gasteiger partial charge in [-0.25, -0.2) is 0 Å². The highest BCUT2D eigenvalue weighted by molar-refractivity contribution is 5.40. The van der Waals surface area contributed by atoms with Gasteiger partial charge < -0.3 is 23.8 Å². The number of fused-ring (bicyclic) bond motifs is 1. The Balaban J connectivity index is 1.42. The number of ether oxygens (including phenoxy) is 4. The highest BCUT2D eigenvalue weighted by Gasteiger charge is 2.22. The maximum atomic E-state index is 5.97. The van der Waals surface area contributed by atoms with Crippen LogP contribution in [0.3, 0.4) is 0 Å². The first-order valence-electron chi connectivity index (χ1n) is 7.61. The Morgan fingerprint density at radius 2 is 1.90 bits per heavy atom. The number of benzene rings is 1. The third kappa shape index (κ3) is 4.09. The van der Waals surface area contributed by atoms with Crippen LogP contribution in [0.1, 0.15) is 12.8 Å². The summed E-state index contributed by atoms with van der Waals surface area (Å²) in [5.74, 6) is 1.67. The molecule has 0 amide bonds. The molecule has 1 aromatic rings. The molecule has 0 aromatic heterocycles. The summed E-state index contributed by atoms with van der Waals surface area (Å²) in [5.41, 5.74) is 0. The van der Waals surface area contributed by atoms with E-state index < -0.39 is 0 Å². The predicted molar refractivity (Wildman–Crippen MR) is 78.8 cm³/mol. The van der Waals surface area contributed by atoms with Crippen LogP contribution in [0.4, 0.5) is 0 Å². The van der Waals surface area contributed by atoms with Crippen molar-refractivity contribution in [3.05, 3.63) is 24.3 Å². The van der Waals surface area contributed by atoms with E-state index in [0.29, 0.717) is 6.61 Å². The zero-order valence-electron chi connectivity index (χ0n) is 12.5. The Morgan fingerprint density at radius 1 is 1.14 bits per heavy atom. The van der Waals surface area contributed by atoms with Gasteiger partial charge in [-0.2, -0.15) is 0 Å². The zero-order chi connectivity index (χ0) is 14.5. The molecule has 0 spiro atoms. The molecule has 2 heterocycles. The molecule has 1 atom stereocenters. The van der Waals surface area contributed by atoms with Crippen molar-refractivity contribution in [1.29, 1.82) is 0 Å². The van der Waals surface area contributed by atoms with Crippen molar-refractivity contribution in [3.8, 4) is 11.5 Å². The molecule has 1 unspecified atom stereocenters. The third-order valence-electron chi connectivity index (χ3n) is 3.73. The van der Waals surface area contributed by atoms with Gasteiger partial charge in [0.2, 0.25) is 0 Å². The van der Waals surface area contributed by atoms with Gasteiger partial charge in [-0.05, 0) is 25.6 Å². The largest absolute Gasteiger partial charge is 0.486 e. The Kier molecular flexibility index (Phi) is 4.95. The lowest BCUT2D eigenvalue weighted by molar-refractivity contribution is -0.182. The minimum atomic E-state index is -0.0505. The second kappa shape index (κ2) is 7.11. The third-order valence-corrected chi connectivity index (χ3v) is 3.73. The molecule has 3 rings (SSSR count). The van der Waals surface area contributed by atoms with Crippen LogP contribution in [-0.4, -0.2) is 57.3 Å². The second-order valence-electron chi connectivity index (χ2n) is 5.57. The molecule has 0 radical (unpaired) electrons. The monoisotopic (exact) mass is 293 g/mol. The van der Waals surface area contributed by atoms with Gasteiger partial charge in [0.1, 0.15) is 12.7 Å². The fourth-order valence-electron chi connectivity index (χ4n) is 2.62. The fourth-order valence-corrected chi connectivity index (χ4v) is 2.62. The summed E-state index contributed by atoms with van der Waals surface area (Å²) >= 11 is 0. The van der Waals surface area contributed by atoms with E-state index in [4.69, 9.17) is 18.9 Å². The SMILES string of the molecule is CN(CCC1OCCCO1)CC1COc2ccccc2O1. The first kappa shape index (κ1) is 14.6. The molecule has 2 aliphatic heterocycles. The molecule has 0 bridgehead atoms. The lowest BCUT2D eigenvalue weighted by atomic mass is 10.2. The summed E-state index contributed by atoms with van der Waals surface area (Å²) < 4.78 is 22.8. The molecule has 0 saturated carbocycles. The normalized spacial score (nSPS) is 22.5. The van der Waals surface area contributed by atoms with Crippen LogP contribution in [0, 0.1) is 0 Å². The van der Waals surface area contributed by atoms with Crippen LogP contribution < -0.4 is 9.47 Å². The maximum Gasteiger partial charge on any atom is 0.161 e. The number of nitrogens with zero attached hydrogens (tertiary/aromatic N) is 1. The van der Waals surface area contributed by atoms with E-state index in [0.717, 1.165) is 50.6 Å². The highest BCUT2D eigenvalue weighted by Crippen LogP contribution is 2.30. The molecule has 0 N–H and O–H groups in total. The van der Waals surface area contributed by atoms with E-state index in [2.05, 4.69) is 11.9 Å². The lowest BCUT2D eigenvalue weighted by Crippen LogP contribution is -2.40. The van der Waals surface area contributed by atoms with Crippen molar-refractivity contribution in [3.63, 3.8) is 0 Å². The van der Waals surface area contributed by atoms with Gasteiger partial charge in [-0.3, -0.25) is 0 Å². The molecule has 5 nitrogen and oxygen atoms in total. The van der Waals surface area contributed by atoms with Gasteiger partial charge in [0, 0.05) is 19.5 Å². The van der Waals surface area contributed by atoms with E-state index in [1.54, 1.807) is 0 Å². The summed E-state index contributed by atoms with van der Waals surface area (Å²) in [7, 11) is 2.09. The van der Waals surface area contributed by atoms with Gasteiger partial charge in [0.25, 0.3) is 0 Å². The average molecular weight is 293 g/mol. The van der Waals surface area contributed by atoms with Gasteiger partial charge in [0.05, 0.1) is 13.2 Å². The predicted octanol–water partition coefficient (Wildman–Crippen LogP) is 1.91. The molecule has 0 aliphatic carbocycles. The van der Waals surface area contributed by atoms with Gasteiger partial charge in [-0.15, -0.1) is 0 Å². The maximum absolute atomic E-state index is 5.97. The average Bonchev–Trinajstić information content (AvgIpc) is 2.54. The Bertz CT molecular complexity index is 448. The van der Waals surface area contributed by atoms with Crippen LogP contribution in [0.25, 0.3) is 0 Å². The van der Waals surface area contributed by atoms with Crippen LogP contribution in [0.5, 0.6) is 11.5 Å². The van der Waals surface area contributed by atoms with Gasteiger partial charge >= 0.3 is 0 Å². The van der Waals surface area contributed by atoms with E-state index in [9.17, 15) is 0 Å². The van der Waals surface area contributed by atoms with E-state index in [1.807, 2.05) is 24.3 Å². The summed E-state index contributed by atoms with van der Waals surface area (Å²) in [4.78, 5) is 2.24. The van der Waals surface area contributed by atoms with E-state index in [-0.39, 0.29) is 12.4 Å². The van der Waals surface area contributed by atoms with E-state index >= 15 is 0 Å². The van der Waals surface area contributed by atoms with Crippen molar-refractivity contribution < 1.29 is 18.9 Å². The van der Waals surface area contributed by atoms with Crippen molar-refractivity contribution in [1.82, 2.24) is 4.90 Å². The number of rotatable bonds is 5. The van der Waals surface area contributed by atoms with Gasteiger partial charge in [0.15, 0.2) is 17.8 Å². The standard InChI is InChI=1S/C16H23NO4/c1-17(8-7-16-18-9-4-10-19-16)11-13-12-20-14-5-2-3-6-15(14)21-13/h2-3,5-6,13,16H,4,7-12H2,1H3. The number of para-hydroxylation sites is 2. The van der Waals surface area contributed by atoms with Gasteiger partial charge in [-0.1, -0.05) is 12.1 Å². The smallest absolute Gasteiger partial charge is 0.161 e. The van der Waals surface area contributed by atoms with Crippen LogP contribution >= 0.6 is 0 Å². The minimum absolute atomic E-state index is 0.0505. The second-order valence-corrected chi connectivity index (χ2v) is 5.57. The minimum Gasteiger partial charge on any atom is -0.486 e. The molecule has 5 heteroatoms. The first-order valence-corrected chi connectivity index (χ1v) is 7.61. The van der Waals surface area contributed by atoms with Crippen LogP contribution in [0.15, 0.2) is 24.3 Å². The molecule has 1 fully saturated rings. The van der Waals surface area contributed by atoms with Crippen molar-refractivity contribution in [2.24, 2.45) is 0 Å². The summed E-state index contributed by atoms with van der Waals surface area (Å²) in [6.45, 7) is 3.97. The number of likely N-dealkylation sites (N-methyl/N-ethyl adjacent to an activating group) is 1. The number of hydrogen-bond donors (Lipinski definition) is 0. The van der Waals surface area contributed by atoms with Crippen LogP contribution in [0.2, 0.25) is 0 Å². The summed E-state index contributed by atoms with van der Waals surface area (Å²) in [6, 6.07) is 7.81. The number of hydrogen-bond acceptors (Lipinski definition) is 5. The molecule has 2 aliphatic rings. The quantitative estimate of drug-likeness (QED) is 0.829. The Labute approximate surface area is 125 Å².